The van der Waals surface area contributed by atoms with Gasteiger partial charge < -0.3 is 24.6 Å². The van der Waals surface area contributed by atoms with E-state index in [4.69, 9.17) is 9.47 Å². The molecule has 0 radical (unpaired) electrons. The number of hydrogen-bond acceptors (Lipinski definition) is 4. The number of likely N-dealkylation sites (tertiary alicyclic amines) is 2. The van der Waals surface area contributed by atoms with Crippen molar-refractivity contribution >= 4 is 29.9 Å². The summed E-state index contributed by atoms with van der Waals surface area (Å²) in [6.07, 6.45) is 9.16. The molecule has 7 heteroatoms. The van der Waals surface area contributed by atoms with E-state index in [1.165, 1.54) is 51.7 Å². The Labute approximate surface area is 204 Å². The molecule has 3 aliphatic rings. The Bertz CT molecular complexity index is 718. The van der Waals surface area contributed by atoms with Gasteiger partial charge in [0.15, 0.2) is 5.96 Å². The van der Waals surface area contributed by atoms with Crippen LogP contribution in [0.15, 0.2) is 23.2 Å². The molecule has 3 fully saturated rings. The number of methoxy groups -OCH3 is 1. The summed E-state index contributed by atoms with van der Waals surface area (Å²) in [7, 11) is 3.60. The zero-order valence-corrected chi connectivity index (χ0v) is 21.5. The third-order valence-electron chi connectivity index (χ3n) is 6.82. The van der Waals surface area contributed by atoms with Crippen LogP contribution in [-0.2, 0) is 6.54 Å². The van der Waals surface area contributed by atoms with Gasteiger partial charge in [-0.3, -0.25) is 4.99 Å². The van der Waals surface area contributed by atoms with Gasteiger partial charge in [-0.1, -0.05) is 0 Å². The summed E-state index contributed by atoms with van der Waals surface area (Å²) in [5.41, 5.74) is 1.16. The first-order chi connectivity index (χ1) is 14.7. The molecule has 1 N–H and O–H groups in total. The lowest BCUT2D eigenvalue weighted by molar-refractivity contribution is 0.207. The smallest absolute Gasteiger partial charge is 0.193 e. The lowest BCUT2D eigenvalue weighted by Gasteiger charge is -2.24. The fourth-order valence-corrected chi connectivity index (χ4v) is 5.11. The number of rotatable bonds is 7. The van der Waals surface area contributed by atoms with Crippen LogP contribution in [0.4, 0.5) is 0 Å². The van der Waals surface area contributed by atoms with E-state index >= 15 is 0 Å². The molecule has 0 spiro atoms. The second kappa shape index (κ2) is 12.1. The Morgan fingerprint density at radius 1 is 1.10 bits per heavy atom. The van der Waals surface area contributed by atoms with Crippen molar-refractivity contribution in [3.8, 4) is 11.5 Å². The molecule has 2 heterocycles. The van der Waals surface area contributed by atoms with Gasteiger partial charge in [0.2, 0.25) is 0 Å². The summed E-state index contributed by atoms with van der Waals surface area (Å²) in [5.74, 6) is 3.54. The number of ether oxygens (including phenoxy) is 2. The summed E-state index contributed by atoms with van der Waals surface area (Å²) < 4.78 is 11.8. The van der Waals surface area contributed by atoms with Crippen LogP contribution in [0.5, 0.6) is 11.5 Å². The van der Waals surface area contributed by atoms with E-state index in [1.54, 1.807) is 7.11 Å². The average molecular weight is 543 g/mol. The second-order valence-corrected chi connectivity index (χ2v) is 9.01. The minimum Gasteiger partial charge on any atom is -0.497 e. The molecule has 0 bridgehead atoms. The SMILES string of the molecule is CN=C(NCc1ccc(OC)cc1OC1CCCC1)N1CCC(CN2CCCC2)C1.I. The molecule has 0 aromatic heterocycles. The largest absolute Gasteiger partial charge is 0.497 e. The van der Waals surface area contributed by atoms with Crippen LogP contribution in [-0.4, -0.2) is 68.7 Å². The second-order valence-electron chi connectivity index (χ2n) is 9.01. The van der Waals surface area contributed by atoms with Crippen molar-refractivity contribution in [3.63, 3.8) is 0 Å². The van der Waals surface area contributed by atoms with Gasteiger partial charge in [0.1, 0.15) is 11.5 Å². The van der Waals surface area contributed by atoms with Crippen molar-refractivity contribution in [2.24, 2.45) is 10.9 Å². The molecule has 1 saturated carbocycles. The van der Waals surface area contributed by atoms with Gasteiger partial charge in [-0.05, 0) is 76.1 Å². The van der Waals surface area contributed by atoms with Crippen molar-refractivity contribution in [2.45, 2.75) is 57.6 Å². The highest BCUT2D eigenvalue weighted by atomic mass is 127. The number of aliphatic imine (C=N–C) groups is 1. The maximum Gasteiger partial charge on any atom is 0.193 e. The maximum absolute atomic E-state index is 6.35. The van der Waals surface area contributed by atoms with E-state index in [0.29, 0.717) is 12.6 Å². The van der Waals surface area contributed by atoms with Gasteiger partial charge in [-0.25, -0.2) is 0 Å². The average Bonchev–Trinajstić information content (AvgIpc) is 3.53. The number of nitrogens with one attached hydrogen (secondary N) is 1. The number of benzene rings is 1. The van der Waals surface area contributed by atoms with Crippen molar-refractivity contribution in [3.05, 3.63) is 23.8 Å². The normalized spacial score (nSPS) is 22.6. The van der Waals surface area contributed by atoms with E-state index in [9.17, 15) is 0 Å². The Balaban J connectivity index is 0.00000272. The van der Waals surface area contributed by atoms with Gasteiger partial charge in [0.25, 0.3) is 0 Å². The van der Waals surface area contributed by atoms with Crippen LogP contribution < -0.4 is 14.8 Å². The van der Waals surface area contributed by atoms with Gasteiger partial charge in [-0.15, -0.1) is 24.0 Å². The fraction of sp³-hybridized carbons (Fsp3) is 0.708. The van der Waals surface area contributed by atoms with E-state index < -0.39 is 0 Å². The number of nitrogens with zero attached hydrogens (tertiary/aromatic N) is 3. The number of guanidine groups is 1. The maximum atomic E-state index is 6.35. The Morgan fingerprint density at radius 3 is 2.58 bits per heavy atom. The van der Waals surface area contributed by atoms with Crippen LogP contribution in [0.2, 0.25) is 0 Å². The summed E-state index contributed by atoms with van der Waals surface area (Å²) in [6.45, 7) is 6.71. The molecule has 6 nitrogen and oxygen atoms in total. The zero-order chi connectivity index (χ0) is 20.8. The molecule has 0 amide bonds. The lowest BCUT2D eigenvalue weighted by Crippen LogP contribution is -2.40. The molecule has 174 valence electrons. The van der Waals surface area contributed by atoms with E-state index in [0.717, 1.165) is 54.9 Å². The van der Waals surface area contributed by atoms with Crippen LogP contribution >= 0.6 is 24.0 Å². The predicted molar refractivity (Wildman–Crippen MR) is 137 cm³/mol. The highest BCUT2D eigenvalue weighted by Gasteiger charge is 2.27. The molecule has 2 saturated heterocycles. The van der Waals surface area contributed by atoms with Crippen molar-refractivity contribution in [1.82, 2.24) is 15.1 Å². The number of halogens is 1. The van der Waals surface area contributed by atoms with Crippen molar-refractivity contribution in [2.75, 3.05) is 46.9 Å². The summed E-state index contributed by atoms with van der Waals surface area (Å²) in [4.78, 5) is 9.62. The zero-order valence-electron chi connectivity index (χ0n) is 19.1. The Hall–Kier alpha value is -1.22. The topological polar surface area (TPSA) is 49.3 Å². The Morgan fingerprint density at radius 2 is 1.87 bits per heavy atom. The minimum atomic E-state index is 0. The third kappa shape index (κ3) is 6.63. The molecule has 2 aliphatic heterocycles. The molecule has 1 aliphatic carbocycles. The molecule has 4 rings (SSSR count). The van der Waals surface area contributed by atoms with E-state index in [-0.39, 0.29) is 24.0 Å². The van der Waals surface area contributed by atoms with E-state index in [1.807, 2.05) is 19.2 Å². The van der Waals surface area contributed by atoms with Crippen molar-refractivity contribution in [1.29, 1.82) is 0 Å². The molecule has 31 heavy (non-hydrogen) atoms. The highest BCUT2D eigenvalue weighted by Crippen LogP contribution is 2.30. The van der Waals surface area contributed by atoms with Crippen LogP contribution in [0.1, 0.15) is 50.5 Å². The lowest BCUT2D eigenvalue weighted by atomic mass is 10.1. The fourth-order valence-electron chi connectivity index (χ4n) is 5.11. The number of hydrogen-bond donors (Lipinski definition) is 1. The van der Waals surface area contributed by atoms with Gasteiger partial charge in [0, 0.05) is 44.9 Å². The van der Waals surface area contributed by atoms with Crippen LogP contribution in [0.25, 0.3) is 0 Å². The van der Waals surface area contributed by atoms with Gasteiger partial charge >= 0.3 is 0 Å². The summed E-state index contributed by atoms with van der Waals surface area (Å²) in [5, 5.41) is 3.59. The summed E-state index contributed by atoms with van der Waals surface area (Å²) >= 11 is 0. The van der Waals surface area contributed by atoms with Gasteiger partial charge in [-0.2, -0.15) is 0 Å². The highest BCUT2D eigenvalue weighted by molar-refractivity contribution is 14.0. The standard InChI is InChI=1S/C24H38N4O2.HI/c1-25-24(28-14-11-19(18-28)17-27-12-5-6-13-27)26-16-20-9-10-22(29-2)15-23(20)30-21-7-3-4-8-21;/h9-10,15,19,21H,3-8,11-14,16-18H2,1-2H3,(H,25,26);1H. The molecular formula is C24H39IN4O2. The molecule has 1 aromatic carbocycles. The predicted octanol–water partition coefficient (Wildman–Crippen LogP) is 4.13. The quantitative estimate of drug-likeness (QED) is 0.319. The first kappa shape index (κ1) is 24.4. The first-order valence-electron chi connectivity index (χ1n) is 11.8. The Kier molecular flexibility index (Phi) is 9.56. The molecular weight excluding hydrogens is 503 g/mol. The van der Waals surface area contributed by atoms with Crippen molar-refractivity contribution < 1.29 is 9.47 Å². The van der Waals surface area contributed by atoms with E-state index in [2.05, 4.69) is 26.2 Å². The van der Waals surface area contributed by atoms with Gasteiger partial charge in [0.05, 0.1) is 13.2 Å². The molecule has 1 atom stereocenters. The molecule has 1 aromatic rings. The summed E-state index contributed by atoms with van der Waals surface area (Å²) in [6, 6.07) is 6.16. The van der Waals surface area contributed by atoms with Crippen LogP contribution in [0, 0.1) is 5.92 Å². The third-order valence-corrected chi connectivity index (χ3v) is 6.82. The van der Waals surface area contributed by atoms with Crippen LogP contribution in [0.3, 0.4) is 0 Å². The minimum absolute atomic E-state index is 0. The monoisotopic (exact) mass is 542 g/mol. The first-order valence-corrected chi connectivity index (χ1v) is 11.8. The molecule has 1 unspecified atom stereocenters.